The van der Waals surface area contributed by atoms with Crippen LogP contribution in [-0.4, -0.2) is 9.97 Å². The largest absolute Gasteiger partial charge is 0.309 e. The van der Waals surface area contributed by atoms with Crippen LogP contribution in [0.1, 0.15) is 11.4 Å². The van der Waals surface area contributed by atoms with Crippen molar-refractivity contribution in [1.29, 1.82) is 0 Å². The highest BCUT2D eigenvalue weighted by Crippen LogP contribution is 2.31. The quantitative estimate of drug-likeness (QED) is 0.490. The van der Waals surface area contributed by atoms with E-state index in [1.54, 1.807) is 36.0 Å². The predicted molar refractivity (Wildman–Crippen MR) is 107 cm³/mol. The zero-order valence-corrected chi connectivity index (χ0v) is 15.7. The van der Waals surface area contributed by atoms with Crippen LogP contribution < -0.4 is 5.56 Å². The number of rotatable bonds is 5. The Balaban J connectivity index is 1.55. The predicted octanol–water partition coefficient (Wildman–Crippen LogP) is 5.36. The summed E-state index contributed by atoms with van der Waals surface area (Å²) in [6.45, 7) is 0. The molecule has 27 heavy (non-hydrogen) atoms. The monoisotopic (exact) mass is 400 g/mol. The maximum absolute atomic E-state index is 13.1. The molecule has 136 valence electrons. The molecule has 4 rings (SSSR count). The number of halogens is 2. The SMILES string of the molecule is O=c1[nH]c(CSCc2ccc(F)cc2)nc2scc(-c3ccc(F)cc3)c12. The van der Waals surface area contributed by atoms with E-state index in [2.05, 4.69) is 9.97 Å². The summed E-state index contributed by atoms with van der Waals surface area (Å²) in [5, 5.41) is 2.40. The molecule has 0 unspecified atom stereocenters. The number of hydrogen-bond acceptors (Lipinski definition) is 4. The van der Waals surface area contributed by atoms with Crippen LogP contribution in [0, 0.1) is 11.6 Å². The van der Waals surface area contributed by atoms with Crippen molar-refractivity contribution in [2.24, 2.45) is 0 Å². The van der Waals surface area contributed by atoms with Gasteiger partial charge in [-0.25, -0.2) is 13.8 Å². The van der Waals surface area contributed by atoms with Crippen molar-refractivity contribution in [2.45, 2.75) is 11.5 Å². The molecule has 0 radical (unpaired) electrons. The molecule has 0 aliphatic carbocycles. The van der Waals surface area contributed by atoms with Gasteiger partial charge in [0.05, 0.1) is 11.1 Å². The summed E-state index contributed by atoms with van der Waals surface area (Å²) in [4.78, 5) is 20.6. The molecule has 0 saturated heterocycles. The molecule has 0 fully saturated rings. The zero-order valence-electron chi connectivity index (χ0n) is 14.0. The van der Waals surface area contributed by atoms with Crippen LogP contribution in [0.2, 0.25) is 0 Å². The van der Waals surface area contributed by atoms with Crippen LogP contribution in [0.15, 0.2) is 58.7 Å². The van der Waals surface area contributed by atoms with Crippen molar-refractivity contribution in [3.63, 3.8) is 0 Å². The third kappa shape index (κ3) is 3.94. The summed E-state index contributed by atoms with van der Waals surface area (Å²) < 4.78 is 26.1. The molecule has 7 heteroatoms. The Morgan fingerprint density at radius 2 is 1.63 bits per heavy atom. The second-order valence-corrected chi connectivity index (χ2v) is 7.81. The maximum Gasteiger partial charge on any atom is 0.260 e. The lowest BCUT2D eigenvalue weighted by Crippen LogP contribution is -2.10. The van der Waals surface area contributed by atoms with Gasteiger partial charge in [-0.2, -0.15) is 0 Å². The smallest absolute Gasteiger partial charge is 0.260 e. The highest BCUT2D eigenvalue weighted by atomic mass is 32.2. The number of fused-ring (bicyclic) bond motifs is 1. The summed E-state index contributed by atoms with van der Waals surface area (Å²) >= 11 is 2.99. The first-order chi connectivity index (χ1) is 13.1. The van der Waals surface area contributed by atoms with E-state index in [-0.39, 0.29) is 17.2 Å². The highest BCUT2D eigenvalue weighted by Gasteiger charge is 2.13. The van der Waals surface area contributed by atoms with Crippen molar-refractivity contribution in [3.8, 4) is 11.1 Å². The van der Waals surface area contributed by atoms with Gasteiger partial charge in [0.15, 0.2) is 0 Å². The summed E-state index contributed by atoms with van der Waals surface area (Å²) in [5.74, 6) is 1.28. The van der Waals surface area contributed by atoms with Gasteiger partial charge in [-0.15, -0.1) is 23.1 Å². The average molecular weight is 400 g/mol. The molecule has 0 bridgehead atoms. The number of hydrogen-bond donors (Lipinski definition) is 1. The first kappa shape index (κ1) is 17.9. The zero-order chi connectivity index (χ0) is 18.8. The fourth-order valence-corrected chi connectivity index (χ4v) is 4.58. The number of thioether (sulfide) groups is 1. The molecule has 3 nitrogen and oxygen atoms in total. The van der Waals surface area contributed by atoms with Gasteiger partial charge in [-0.1, -0.05) is 24.3 Å². The van der Waals surface area contributed by atoms with Crippen LogP contribution in [0.25, 0.3) is 21.3 Å². The molecule has 2 aromatic heterocycles. The van der Waals surface area contributed by atoms with Gasteiger partial charge in [0, 0.05) is 16.7 Å². The van der Waals surface area contributed by atoms with E-state index in [0.717, 1.165) is 16.7 Å². The van der Waals surface area contributed by atoms with Crippen LogP contribution in [0.3, 0.4) is 0 Å². The van der Waals surface area contributed by atoms with Crippen LogP contribution >= 0.6 is 23.1 Å². The Bertz CT molecular complexity index is 1140. The van der Waals surface area contributed by atoms with Gasteiger partial charge in [0.2, 0.25) is 0 Å². The van der Waals surface area contributed by atoms with Gasteiger partial charge in [0.1, 0.15) is 22.3 Å². The second kappa shape index (κ2) is 7.62. The average Bonchev–Trinajstić information content (AvgIpc) is 3.09. The molecule has 0 atom stereocenters. The number of nitrogens with zero attached hydrogens (tertiary/aromatic N) is 1. The lowest BCUT2D eigenvalue weighted by Gasteiger charge is -2.03. The van der Waals surface area contributed by atoms with Crippen molar-refractivity contribution >= 4 is 33.3 Å². The summed E-state index contributed by atoms with van der Waals surface area (Å²) in [6.07, 6.45) is 0. The first-order valence-electron chi connectivity index (χ1n) is 8.18. The molecule has 1 N–H and O–H groups in total. The van der Waals surface area contributed by atoms with Gasteiger partial charge in [-0.05, 0) is 35.4 Å². The van der Waals surface area contributed by atoms with Crippen molar-refractivity contribution in [3.05, 3.63) is 87.3 Å². The molecule has 0 saturated carbocycles. The minimum Gasteiger partial charge on any atom is -0.309 e. The molecule has 0 spiro atoms. The van der Waals surface area contributed by atoms with Crippen molar-refractivity contribution in [2.75, 3.05) is 0 Å². The normalized spacial score (nSPS) is 11.2. The minimum atomic E-state index is -0.314. The van der Waals surface area contributed by atoms with Crippen LogP contribution in [0.5, 0.6) is 0 Å². The van der Waals surface area contributed by atoms with E-state index in [1.165, 1.54) is 35.6 Å². The molecular formula is C20H14F2N2OS2. The molecule has 4 aromatic rings. The van der Waals surface area contributed by atoms with Gasteiger partial charge in [-0.3, -0.25) is 4.79 Å². The second-order valence-electron chi connectivity index (χ2n) is 5.97. The first-order valence-corrected chi connectivity index (χ1v) is 10.2. The number of thiophene rings is 1. The van der Waals surface area contributed by atoms with Crippen LogP contribution in [-0.2, 0) is 11.5 Å². The Hall–Kier alpha value is -2.51. The van der Waals surface area contributed by atoms with Crippen molar-refractivity contribution in [1.82, 2.24) is 9.97 Å². The molecule has 2 aromatic carbocycles. The Morgan fingerprint density at radius 1 is 0.963 bits per heavy atom. The number of benzene rings is 2. The standard InChI is InChI=1S/C20H14F2N2OS2/c21-14-5-1-12(2-6-14)9-26-11-17-23-19(25)18-16(10-27-20(18)24-17)13-3-7-15(22)8-4-13/h1-8,10H,9,11H2,(H,23,24,25). The van der Waals surface area contributed by atoms with E-state index in [9.17, 15) is 13.6 Å². The fourth-order valence-electron chi connectivity index (χ4n) is 2.75. The van der Waals surface area contributed by atoms with E-state index in [0.29, 0.717) is 27.5 Å². The highest BCUT2D eigenvalue weighted by molar-refractivity contribution is 7.97. The summed E-state index contributed by atoms with van der Waals surface area (Å²) in [6, 6.07) is 12.4. The summed E-state index contributed by atoms with van der Waals surface area (Å²) in [5.41, 5.74) is 2.36. The maximum atomic E-state index is 13.1. The number of aromatic amines is 1. The van der Waals surface area contributed by atoms with Crippen LogP contribution in [0.4, 0.5) is 8.78 Å². The van der Waals surface area contributed by atoms with E-state index < -0.39 is 0 Å². The molecule has 2 heterocycles. The molecule has 0 aliphatic heterocycles. The molecule has 0 aliphatic rings. The van der Waals surface area contributed by atoms with Gasteiger partial charge >= 0.3 is 0 Å². The van der Waals surface area contributed by atoms with E-state index in [1.807, 2.05) is 5.38 Å². The Labute approximate surface area is 162 Å². The summed E-state index contributed by atoms with van der Waals surface area (Å²) in [7, 11) is 0. The third-order valence-corrected chi connectivity index (χ3v) is 5.96. The lowest BCUT2D eigenvalue weighted by molar-refractivity contribution is 0.627. The Kier molecular flexibility index (Phi) is 5.05. The molecule has 0 amide bonds. The van der Waals surface area contributed by atoms with E-state index in [4.69, 9.17) is 0 Å². The lowest BCUT2D eigenvalue weighted by atomic mass is 10.1. The number of nitrogens with one attached hydrogen (secondary N) is 1. The fraction of sp³-hybridized carbons (Fsp3) is 0.100. The van der Waals surface area contributed by atoms with E-state index >= 15 is 0 Å². The molecular weight excluding hydrogens is 386 g/mol. The van der Waals surface area contributed by atoms with Gasteiger partial charge < -0.3 is 4.98 Å². The number of H-pyrrole nitrogens is 1. The van der Waals surface area contributed by atoms with Crippen molar-refractivity contribution < 1.29 is 8.78 Å². The topological polar surface area (TPSA) is 45.8 Å². The third-order valence-electron chi connectivity index (χ3n) is 4.07. The number of aromatic nitrogens is 2. The Morgan fingerprint density at radius 3 is 2.33 bits per heavy atom. The minimum absolute atomic E-state index is 0.196. The van der Waals surface area contributed by atoms with Gasteiger partial charge in [0.25, 0.3) is 5.56 Å².